The summed E-state index contributed by atoms with van der Waals surface area (Å²) in [7, 11) is -4.62. The van der Waals surface area contributed by atoms with Crippen molar-refractivity contribution in [1.82, 2.24) is 0 Å². The van der Waals surface area contributed by atoms with Crippen molar-refractivity contribution in [2.45, 2.75) is 206 Å². The molecule has 0 heterocycles. The summed E-state index contributed by atoms with van der Waals surface area (Å²) in [6.07, 6.45) is 43.9. The van der Waals surface area contributed by atoms with E-state index in [0.29, 0.717) is 0 Å². The second-order valence-corrected chi connectivity index (χ2v) is 13.7. The van der Waals surface area contributed by atoms with Gasteiger partial charge in [0, 0.05) is 5.92 Å². The second-order valence-electron chi connectivity index (χ2n) is 12.7. The van der Waals surface area contributed by atoms with E-state index in [4.69, 9.17) is 0 Å². The molecule has 0 radical (unpaired) electrons. The van der Waals surface area contributed by atoms with Gasteiger partial charge >= 0.3 is 29.6 Å². The second kappa shape index (κ2) is 36.1. The molecule has 0 spiro atoms. The summed E-state index contributed by atoms with van der Waals surface area (Å²) < 4.78 is 37.5. The Labute approximate surface area is 286 Å². The normalized spacial score (nSPS) is 12.6. The van der Waals surface area contributed by atoms with Gasteiger partial charge in [-0.05, 0) is 19.3 Å². The van der Waals surface area contributed by atoms with Crippen LogP contribution in [-0.4, -0.2) is 19.6 Å². The fourth-order valence-electron chi connectivity index (χ4n) is 5.75. The van der Waals surface area contributed by atoms with Crippen LogP contribution < -0.4 is 29.6 Å². The number of hydrogen-bond acceptors (Lipinski definition) is 4. The molecule has 0 aromatic carbocycles. The zero-order chi connectivity index (χ0) is 30.1. The summed E-state index contributed by atoms with van der Waals surface area (Å²) in [4.78, 5) is 0. The Kier molecular flexibility index (Phi) is 38.4. The predicted molar refractivity (Wildman–Crippen MR) is 178 cm³/mol. The zero-order valence-corrected chi connectivity index (χ0v) is 31.5. The van der Waals surface area contributed by atoms with Crippen LogP contribution in [-0.2, 0) is 14.6 Å². The first-order valence-electron chi connectivity index (χ1n) is 18.3. The minimum atomic E-state index is -4.62. The maximum Gasteiger partial charge on any atom is 1.00 e. The minimum Gasteiger partial charge on any atom is -0.726 e. The summed E-state index contributed by atoms with van der Waals surface area (Å²) in [6, 6.07) is 0. The molecule has 0 N–H and O–H groups in total. The Morgan fingerprint density at radius 1 is 0.524 bits per heavy atom. The topological polar surface area (TPSA) is 66.4 Å². The summed E-state index contributed by atoms with van der Waals surface area (Å²) >= 11 is 0. The van der Waals surface area contributed by atoms with Gasteiger partial charge in [-0.2, -0.15) is 0 Å². The molecule has 0 aliphatic heterocycles. The Morgan fingerprint density at radius 2 is 0.833 bits per heavy atom. The molecule has 6 heteroatoms. The van der Waals surface area contributed by atoms with E-state index in [0.717, 1.165) is 19.3 Å². The standard InChI is InChI=1S/C36H72O4S.Na/c1-3-5-7-9-11-13-15-17-18-19-20-22-24-26-28-30-32-34-36(35-40-41(37,38)39)33-31-29-27-25-23-21-16-14-12-10-8-6-4-2;/h31,33,36H,3-30,32,34-35H2,1-2H3,(H,37,38,39);/q;+1/p-1/b33-31+;. The van der Waals surface area contributed by atoms with Gasteiger partial charge in [0.05, 0.1) is 6.61 Å². The van der Waals surface area contributed by atoms with Crippen LogP contribution in [0.4, 0.5) is 0 Å². The van der Waals surface area contributed by atoms with Crippen molar-refractivity contribution in [2.24, 2.45) is 5.92 Å². The van der Waals surface area contributed by atoms with Crippen LogP contribution in [0.15, 0.2) is 12.2 Å². The maximum absolute atomic E-state index is 11.0. The van der Waals surface area contributed by atoms with Crippen molar-refractivity contribution < 1.29 is 46.7 Å². The predicted octanol–water partition coefficient (Wildman–Crippen LogP) is 9.38. The molecule has 1 atom stereocenters. The summed E-state index contributed by atoms with van der Waals surface area (Å²) in [5.41, 5.74) is 0. The fraction of sp³-hybridized carbons (Fsp3) is 0.944. The number of allylic oxidation sites excluding steroid dienone is 1. The Bertz CT molecular complexity index is 638. The molecule has 0 saturated carbocycles. The monoisotopic (exact) mass is 622 g/mol. The van der Waals surface area contributed by atoms with Gasteiger partial charge in [0.25, 0.3) is 0 Å². The first-order valence-corrected chi connectivity index (χ1v) is 19.6. The van der Waals surface area contributed by atoms with Crippen molar-refractivity contribution in [2.75, 3.05) is 6.61 Å². The molecule has 0 aromatic rings. The van der Waals surface area contributed by atoms with E-state index in [1.54, 1.807) is 0 Å². The van der Waals surface area contributed by atoms with E-state index >= 15 is 0 Å². The Balaban J connectivity index is 0. The Hall–Kier alpha value is 0.610. The molecule has 246 valence electrons. The molecule has 0 bridgehead atoms. The van der Waals surface area contributed by atoms with Crippen LogP contribution in [0.1, 0.15) is 206 Å². The molecule has 0 aliphatic carbocycles. The van der Waals surface area contributed by atoms with Gasteiger partial charge < -0.3 is 4.55 Å². The molecule has 1 unspecified atom stereocenters. The molecule has 42 heavy (non-hydrogen) atoms. The average Bonchev–Trinajstić information content (AvgIpc) is 2.94. The van der Waals surface area contributed by atoms with E-state index < -0.39 is 10.4 Å². The molecule has 0 saturated heterocycles. The van der Waals surface area contributed by atoms with Crippen molar-refractivity contribution in [3.8, 4) is 0 Å². The van der Waals surface area contributed by atoms with E-state index in [9.17, 15) is 13.0 Å². The molecule has 4 nitrogen and oxygen atoms in total. The number of rotatable bonds is 34. The van der Waals surface area contributed by atoms with Crippen LogP contribution in [0.2, 0.25) is 0 Å². The van der Waals surface area contributed by atoms with E-state index in [1.807, 2.05) is 0 Å². The summed E-state index contributed by atoms with van der Waals surface area (Å²) in [6.45, 7) is 4.53. The molecule has 0 fully saturated rings. The van der Waals surface area contributed by atoms with Gasteiger partial charge in [0.15, 0.2) is 0 Å². The SMILES string of the molecule is CCCCCCCCCCCCC/C=C/C(CCCCCCCCCCCCCCCCCCC)COS(=O)(=O)[O-].[Na+]. The quantitative estimate of drug-likeness (QED) is 0.0236. The van der Waals surface area contributed by atoms with Gasteiger partial charge in [-0.25, -0.2) is 8.42 Å². The van der Waals surface area contributed by atoms with E-state index in [-0.39, 0.29) is 42.1 Å². The van der Waals surface area contributed by atoms with Crippen molar-refractivity contribution in [1.29, 1.82) is 0 Å². The van der Waals surface area contributed by atoms with Crippen LogP contribution in [0.3, 0.4) is 0 Å². The molecule has 0 rings (SSSR count). The molecule has 0 aliphatic rings. The van der Waals surface area contributed by atoms with Gasteiger partial charge in [0.1, 0.15) is 0 Å². The van der Waals surface area contributed by atoms with Crippen molar-refractivity contribution in [3.63, 3.8) is 0 Å². The molecular formula is C36H71NaO4S. The summed E-state index contributed by atoms with van der Waals surface area (Å²) in [5, 5.41) is 0. The number of hydrogen-bond donors (Lipinski definition) is 0. The third-order valence-electron chi connectivity index (χ3n) is 8.49. The van der Waals surface area contributed by atoms with Crippen LogP contribution in [0.5, 0.6) is 0 Å². The largest absolute Gasteiger partial charge is 1.00 e. The van der Waals surface area contributed by atoms with E-state index in [1.165, 1.54) is 173 Å². The third kappa shape index (κ3) is 38.6. The Morgan fingerprint density at radius 3 is 1.17 bits per heavy atom. The van der Waals surface area contributed by atoms with Gasteiger partial charge in [-0.15, -0.1) is 0 Å². The van der Waals surface area contributed by atoms with Crippen molar-refractivity contribution in [3.05, 3.63) is 12.2 Å². The van der Waals surface area contributed by atoms with Crippen molar-refractivity contribution >= 4 is 10.4 Å². The smallest absolute Gasteiger partial charge is 0.726 e. The third-order valence-corrected chi connectivity index (χ3v) is 8.91. The van der Waals surface area contributed by atoms with Crippen LogP contribution >= 0.6 is 0 Å². The van der Waals surface area contributed by atoms with Crippen LogP contribution in [0.25, 0.3) is 0 Å². The zero-order valence-electron chi connectivity index (χ0n) is 28.7. The van der Waals surface area contributed by atoms with Gasteiger partial charge in [-0.1, -0.05) is 199 Å². The number of unbranched alkanes of at least 4 members (excludes halogenated alkanes) is 27. The molecule has 0 amide bonds. The van der Waals surface area contributed by atoms with Gasteiger partial charge in [0.2, 0.25) is 10.4 Å². The maximum atomic E-state index is 11.0. The summed E-state index contributed by atoms with van der Waals surface area (Å²) in [5.74, 6) is 0.0165. The molecule has 0 aromatic heterocycles. The first kappa shape index (κ1) is 44.7. The minimum absolute atomic E-state index is 0. The first-order chi connectivity index (χ1) is 20.0. The van der Waals surface area contributed by atoms with E-state index in [2.05, 4.69) is 30.2 Å². The molecular weight excluding hydrogens is 551 g/mol. The van der Waals surface area contributed by atoms with Gasteiger partial charge in [-0.3, -0.25) is 4.18 Å². The average molecular weight is 623 g/mol. The van der Waals surface area contributed by atoms with Crippen LogP contribution in [0, 0.1) is 5.92 Å². The fourth-order valence-corrected chi connectivity index (χ4v) is 6.09.